The minimum absolute atomic E-state index is 0.131. The second-order valence-electron chi connectivity index (χ2n) is 5.69. The van der Waals surface area contributed by atoms with Gasteiger partial charge in [0.1, 0.15) is 0 Å². The van der Waals surface area contributed by atoms with Crippen molar-refractivity contribution in [3.05, 3.63) is 52.5 Å². The van der Waals surface area contributed by atoms with Crippen LogP contribution in [0.3, 0.4) is 0 Å². The Morgan fingerprint density at radius 1 is 0.929 bits per heavy atom. The van der Waals surface area contributed by atoms with Crippen LogP contribution in [-0.2, 0) is 0 Å². The first-order chi connectivity index (χ1) is 13.5. The van der Waals surface area contributed by atoms with Crippen molar-refractivity contribution in [2.45, 2.75) is 13.8 Å². The third-order valence-electron chi connectivity index (χ3n) is 3.66. The number of aromatic nitrogens is 2. The topological polar surface area (TPSA) is 125 Å². The molecular formula is C18H15N7O2S. The van der Waals surface area contributed by atoms with E-state index < -0.39 is 5.97 Å². The minimum atomic E-state index is -1.14. The second-order valence-corrected chi connectivity index (χ2v) is 6.65. The fourth-order valence-corrected chi connectivity index (χ4v) is 2.72. The number of carboxylic acid groups (broad SMARTS) is 1. The van der Waals surface area contributed by atoms with E-state index in [1.165, 1.54) is 0 Å². The molecule has 0 aliphatic heterocycles. The number of aliphatic imine (C=N–C) groups is 1. The predicted molar refractivity (Wildman–Crippen MR) is 107 cm³/mol. The van der Waals surface area contributed by atoms with Gasteiger partial charge in [-0.25, -0.2) is 4.79 Å². The van der Waals surface area contributed by atoms with Gasteiger partial charge in [-0.15, -0.1) is 20.4 Å². The van der Waals surface area contributed by atoms with Gasteiger partial charge >= 0.3 is 5.97 Å². The van der Waals surface area contributed by atoms with Crippen molar-refractivity contribution in [1.82, 2.24) is 10.2 Å². The van der Waals surface area contributed by atoms with Crippen LogP contribution >= 0.6 is 11.3 Å². The number of aromatic carboxylic acids is 1. The molecule has 0 radical (unpaired) electrons. The van der Waals surface area contributed by atoms with Gasteiger partial charge in [0, 0.05) is 0 Å². The van der Waals surface area contributed by atoms with Crippen LogP contribution in [0.1, 0.15) is 20.9 Å². The first kappa shape index (κ1) is 19.1. The third kappa shape index (κ3) is 4.54. The van der Waals surface area contributed by atoms with Crippen LogP contribution in [0.2, 0.25) is 0 Å². The monoisotopic (exact) mass is 393 g/mol. The Bertz CT molecular complexity index is 1110. The molecule has 2 aromatic carbocycles. The van der Waals surface area contributed by atoms with E-state index in [1.807, 2.05) is 38.1 Å². The van der Waals surface area contributed by atoms with Crippen LogP contribution in [0.5, 0.6) is 0 Å². The van der Waals surface area contributed by atoms with Crippen LogP contribution in [0.4, 0.5) is 27.9 Å². The van der Waals surface area contributed by atoms with Gasteiger partial charge < -0.3 is 5.11 Å². The molecule has 0 bridgehead atoms. The van der Waals surface area contributed by atoms with Crippen molar-refractivity contribution < 1.29 is 9.90 Å². The lowest BCUT2D eigenvalue weighted by molar-refractivity contribution is 0.0695. The van der Waals surface area contributed by atoms with Crippen LogP contribution in [0, 0.1) is 13.8 Å². The molecule has 0 atom stereocenters. The Morgan fingerprint density at radius 3 is 2.11 bits per heavy atom. The molecule has 10 heteroatoms. The molecule has 3 aromatic rings. The molecule has 0 aliphatic carbocycles. The maximum absolute atomic E-state index is 10.8. The van der Waals surface area contributed by atoms with Gasteiger partial charge in [-0.1, -0.05) is 11.3 Å². The zero-order valence-electron chi connectivity index (χ0n) is 15.1. The molecular weight excluding hydrogens is 378 g/mol. The summed E-state index contributed by atoms with van der Waals surface area (Å²) in [5, 5.41) is 32.6. The lowest BCUT2D eigenvalue weighted by atomic mass is 10.2. The molecule has 0 aliphatic rings. The van der Waals surface area contributed by atoms with E-state index >= 15 is 0 Å². The fraction of sp³-hybridized carbons (Fsp3) is 0.111. The van der Waals surface area contributed by atoms with Gasteiger partial charge in [0.05, 0.1) is 22.7 Å². The summed E-state index contributed by atoms with van der Waals surface area (Å²) in [7, 11) is 0. The average molecular weight is 393 g/mol. The van der Waals surface area contributed by atoms with Gasteiger partial charge in [0.15, 0.2) is 0 Å². The number of azo groups is 2. The number of rotatable bonds is 6. The Hall–Kier alpha value is -3.66. The highest BCUT2D eigenvalue weighted by atomic mass is 32.1. The van der Waals surface area contributed by atoms with Gasteiger partial charge in [-0.05, 0) is 68.1 Å². The van der Waals surface area contributed by atoms with Gasteiger partial charge in [0.2, 0.25) is 5.01 Å². The summed E-state index contributed by atoms with van der Waals surface area (Å²) in [6.07, 6.45) is 0. The second kappa shape index (κ2) is 8.35. The van der Waals surface area contributed by atoms with Crippen LogP contribution in [0.15, 0.2) is 61.8 Å². The number of aryl methyl sites for hydroxylation is 2. The van der Waals surface area contributed by atoms with Gasteiger partial charge in [-0.2, -0.15) is 10.2 Å². The fourth-order valence-electron chi connectivity index (χ4n) is 2.21. The molecule has 0 unspecified atom stereocenters. The van der Waals surface area contributed by atoms with Crippen LogP contribution in [-0.4, -0.2) is 28.0 Å². The Morgan fingerprint density at radius 2 is 1.54 bits per heavy atom. The summed E-state index contributed by atoms with van der Waals surface area (Å²) in [6.45, 7) is 7.30. The lowest BCUT2D eigenvalue weighted by Gasteiger charge is -2.01. The highest BCUT2D eigenvalue weighted by Crippen LogP contribution is 2.29. The largest absolute Gasteiger partial charge is 0.476 e. The molecule has 0 amide bonds. The predicted octanol–water partition coefficient (Wildman–Crippen LogP) is 6.02. The van der Waals surface area contributed by atoms with E-state index in [0.717, 1.165) is 33.8 Å². The molecule has 0 saturated heterocycles. The van der Waals surface area contributed by atoms with Crippen molar-refractivity contribution in [3.8, 4) is 0 Å². The van der Waals surface area contributed by atoms with Gasteiger partial charge in [0.25, 0.3) is 5.13 Å². The van der Waals surface area contributed by atoms with Crippen molar-refractivity contribution in [1.29, 1.82) is 0 Å². The highest BCUT2D eigenvalue weighted by Gasteiger charge is 2.10. The summed E-state index contributed by atoms with van der Waals surface area (Å²) < 4.78 is 0. The van der Waals surface area contributed by atoms with Crippen molar-refractivity contribution >= 4 is 51.9 Å². The Kier molecular flexibility index (Phi) is 5.70. The van der Waals surface area contributed by atoms with E-state index in [9.17, 15) is 4.79 Å². The molecule has 140 valence electrons. The number of benzene rings is 2. The molecule has 0 spiro atoms. The normalized spacial score (nSPS) is 11.4. The quantitative estimate of drug-likeness (QED) is 0.406. The number of hydrogen-bond acceptors (Lipinski definition) is 9. The summed E-state index contributed by atoms with van der Waals surface area (Å²) >= 11 is 0.853. The van der Waals surface area contributed by atoms with Crippen molar-refractivity contribution in [2.24, 2.45) is 25.4 Å². The van der Waals surface area contributed by atoms with Crippen LogP contribution < -0.4 is 0 Å². The minimum Gasteiger partial charge on any atom is -0.476 e. The van der Waals surface area contributed by atoms with E-state index in [-0.39, 0.29) is 10.1 Å². The standard InChI is InChI=1S/C18H15N7O2S/c1-10-8-12(19-3)4-6-14(10)21-20-13-5-7-15(11(2)9-13)22-24-18-25-23-16(28-18)17(26)27/h4-9H,3H2,1-2H3,(H,26,27). The van der Waals surface area contributed by atoms with E-state index in [2.05, 4.69) is 42.4 Å². The summed E-state index contributed by atoms with van der Waals surface area (Å²) in [5.74, 6) is -1.14. The third-order valence-corrected chi connectivity index (χ3v) is 4.45. The maximum Gasteiger partial charge on any atom is 0.367 e. The van der Waals surface area contributed by atoms with Crippen molar-refractivity contribution in [2.75, 3.05) is 0 Å². The smallest absolute Gasteiger partial charge is 0.367 e. The first-order valence-electron chi connectivity index (χ1n) is 8.04. The van der Waals surface area contributed by atoms with Gasteiger partial charge in [-0.3, -0.25) is 4.99 Å². The number of carbonyl (C=O) groups is 1. The van der Waals surface area contributed by atoms with Crippen LogP contribution in [0.25, 0.3) is 0 Å². The SMILES string of the molecule is C=Nc1ccc(N=Nc2ccc(N=Nc3nnc(C(=O)O)s3)c(C)c2)c(C)c1. The first-order valence-corrected chi connectivity index (χ1v) is 8.86. The molecule has 0 saturated carbocycles. The highest BCUT2D eigenvalue weighted by molar-refractivity contribution is 7.16. The average Bonchev–Trinajstić information content (AvgIpc) is 3.15. The molecule has 28 heavy (non-hydrogen) atoms. The Labute approximate surface area is 164 Å². The zero-order valence-corrected chi connectivity index (χ0v) is 15.9. The molecule has 3 rings (SSSR count). The summed E-state index contributed by atoms with van der Waals surface area (Å²) in [6, 6.07) is 10.9. The molecule has 1 aromatic heterocycles. The lowest BCUT2D eigenvalue weighted by Crippen LogP contribution is -1.93. The van der Waals surface area contributed by atoms with E-state index in [0.29, 0.717) is 11.4 Å². The number of hydrogen-bond donors (Lipinski definition) is 1. The number of nitrogens with zero attached hydrogens (tertiary/aromatic N) is 7. The molecule has 1 heterocycles. The molecule has 1 N–H and O–H groups in total. The van der Waals surface area contributed by atoms with E-state index in [4.69, 9.17) is 5.11 Å². The zero-order chi connectivity index (χ0) is 20.1. The maximum atomic E-state index is 10.8. The Balaban J connectivity index is 1.75. The van der Waals surface area contributed by atoms with Crippen molar-refractivity contribution in [3.63, 3.8) is 0 Å². The molecule has 9 nitrogen and oxygen atoms in total. The summed E-state index contributed by atoms with van der Waals surface area (Å²) in [5.41, 5.74) is 4.61. The number of carboxylic acids is 1. The van der Waals surface area contributed by atoms with E-state index in [1.54, 1.807) is 12.1 Å². The molecule has 0 fully saturated rings. The summed E-state index contributed by atoms with van der Waals surface area (Å²) in [4.78, 5) is 14.7.